The van der Waals surface area contributed by atoms with Crippen LogP contribution in [-0.4, -0.2) is 62.6 Å². The van der Waals surface area contributed by atoms with Crippen LogP contribution in [0.1, 0.15) is 75.3 Å². The van der Waals surface area contributed by atoms with E-state index in [-0.39, 0.29) is 94.9 Å². The number of hydrogen-bond donors (Lipinski definition) is 3. The van der Waals surface area contributed by atoms with Gasteiger partial charge in [0.1, 0.15) is 0 Å². The van der Waals surface area contributed by atoms with Crippen LogP contribution in [0, 0.1) is 59.7 Å². The Labute approximate surface area is 711 Å². The third-order valence-electron chi connectivity index (χ3n) is 17.6. The molecule has 12 aromatic heterocycles. The summed E-state index contributed by atoms with van der Waals surface area (Å²) in [5.41, 5.74) is 22.9. The van der Waals surface area contributed by atoms with Crippen molar-refractivity contribution in [2.45, 2.75) is 83.1 Å². The Balaban J connectivity index is 0.000000159. The fourth-order valence-corrected chi connectivity index (χ4v) is 15.9. The first-order chi connectivity index (χ1) is 53.4. The first kappa shape index (κ1) is 85.5. The van der Waals surface area contributed by atoms with Crippen LogP contribution in [0.15, 0.2) is 249 Å². The van der Waals surface area contributed by atoms with E-state index in [1.165, 1.54) is 122 Å². The second kappa shape index (κ2) is 37.8. The minimum absolute atomic E-state index is 0. The van der Waals surface area contributed by atoms with Gasteiger partial charge >= 0.3 is 0 Å². The maximum absolute atomic E-state index is 10.0. The van der Waals surface area contributed by atoms with Crippen LogP contribution in [0.3, 0.4) is 0 Å². The van der Waals surface area contributed by atoms with Crippen LogP contribution in [0.25, 0.3) is 162 Å². The van der Waals surface area contributed by atoms with Gasteiger partial charge in [0.25, 0.3) is 0 Å². The molecule has 0 saturated heterocycles. The van der Waals surface area contributed by atoms with Crippen LogP contribution in [0.5, 0.6) is 0 Å². The molecule has 0 aliphatic heterocycles. The number of hydrogen-bond acceptors (Lipinski definition) is 18. The number of aryl methyl sites for hydroxylation is 6. The molecule has 0 fully saturated rings. The van der Waals surface area contributed by atoms with Gasteiger partial charge in [0.15, 0.2) is 17.3 Å². The SMILES string of the molecule is CC(=O)C=C(C)O.CC(=O)C=C(C)O.CC(=O)C=C(C)O.Cc1ccc(-c2cc3nc(-c4[c-]ccc5c4oc4nc(C)ccc45)ccc3s2)cc1.Cc1ccc2c(n1)oc1c(-c3ccc4sc(-c5c(C)cccc5C)cc4n3)[c-]ccc12.Cc1ccc2c(n1)oc1c(-c3ccc4sc(-c5ccccc5)cc4n3)[c-]ccc12.[Ir].[Ir].[Ir]. The normalized spacial score (nSPS) is 11.3. The quantitative estimate of drug-likeness (QED) is 0.0693. The molecule has 18 rings (SSSR count). The molecule has 3 radical (unpaired) electrons. The Morgan fingerprint density at radius 1 is 0.351 bits per heavy atom. The van der Waals surface area contributed by atoms with Gasteiger partial charge < -0.3 is 28.6 Å². The average molecular weight is 2090 g/mol. The molecule has 0 aliphatic carbocycles. The number of carbonyl (C=O) groups is 3. The molecule has 114 heavy (non-hydrogen) atoms. The van der Waals surface area contributed by atoms with Gasteiger partial charge in [-0.2, -0.15) is 0 Å². The molecule has 3 N–H and O–H groups in total. The number of carbonyl (C=O) groups excluding carboxylic acids is 3. The van der Waals surface area contributed by atoms with Crippen molar-refractivity contribution in [2.75, 3.05) is 0 Å². The van der Waals surface area contributed by atoms with E-state index in [0.29, 0.717) is 17.1 Å². The number of pyridine rings is 6. The second-order valence-electron chi connectivity index (χ2n) is 26.8. The van der Waals surface area contributed by atoms with E-state index < -0.39 is 0 Å². The van der Waals surface area contributed by atoms with E-state index >= 15 is 0 Å². The van der Waals surface area contributed by atoms with Crippen molar-refractivity contribution in [1.29, 1.82) is 0 Å². The van der Waals surface area contributed by atoms with Gasteiger partial charge in [-0.1, -0.05) is 129 Å². The zero-order valence-electron chi connectivity index (χ0n) is 64.0. The molecule has 12 heterocycles. The average Bonchev–Trinajstić information content (AvgIpc) is 1.61. The van der Waals surface area contributed by atoms with Gasteiger partial charge in [-0.05, 0) is 201 Å². The van der Waals surface area contributed by atoms with E-state index in [4.69, 9.17) is 43.5 Å². The predicted molar refractivity (Wildman–Crippen MR) is 453 cm³/mol. The number of aliphatic hydroxyl groups is 3. The molecule has 0 aliphatic rings. The number of furan rings is 3. The number of ketones is 3. The Kier molecular flexibility index (Phi) is 28.4. The van der Waals surface area contributed by atoms with Gasteiger partial charge in [0.2, 0.25) is 17.1 Å². The summed E-state index contributed by atoms with van der Waals surface area (Å²) in [6, 6.07) is 78.7. The number of benzene rings is 6. The number of aliphatic hydroxyl groups excluding tert-OH is 3. The van der Waals surface area contributed by atoms with Gasteiger partial charge in [0, 0.05) is 126 Å². The molecule has 15 nitrogen and oxygen atoms in total. The van der Waals surface area contributed by atoms with Gasteiger partial charge in [-0.15, -0.1) is 88.6 Å². The van der Waals surface area contributed by atoms with Crippen molar-refractivity contribution >= 4 is 148 Å². The molecule has 0 amide bonds. The Morgan fingerprint density at radius 3 is 1.00 bits per heavy atom. The van der Waals surface area contributed by atoms with E-state index in [0.717, 1.165) is 116 Å². The van der Waals surface area contributed by atoms with Crippen molar-refractivity contribution in [3.05, 3.63) is 288 Å². The number of nitrogens with zero attached hydrogens (tertiary/aromatic N) is 6. The minimum atomic E-state index is -0.125. The largest absolute Gasteiger partial charge is 0.512 e. The zero-order valence-corrected chi connectivity index (χ0v) is 73.6. The van der Waals surface area contributed by atoms with Crippen molar-refractivity contribution < 1.29 is 103 Å². The van der Waals surface area contributed by atoms with Crippen LogP contribution >= 0.6 is 34.0 Å². The van der Waals surface area contributed by atoms with Crippen molar-refractivity contribution in [3.8, 4) is 65.1 Å². The summed E-state index contributed by atoms with van der Waals surface area (Å²) >= 11 is 5.31. The molecule has 0 spiro atoms. The van der Waals surface area contributed by atoms with Crippen LogP contribution in [-0.2, 0) is 74.7 Å². The summed E-state index contributed by atoms with van der Waals surface area (Å²) in [6.45, 7) is 20.9. The first-order valence-electron chi connectivity index (χ1n) is 35.6. The maximum Gasteiger partial charge on any atom is 0.216 e. The van der Waals surface area contributed by atoms with E-state index in [1.54, 1.807) is 34.0 Å². The maximum atomic E-state index is 10.0. The molecule has 0 bridgehead atoms. The van der Waals surface area contributed by atoms with Gasteiger partial charge in [0.05, 0.1) is 64.7 Å². The first-order valence-corrected chi connectivity index (χ1v) is 38.0. The molecule has 0 unspecified atom stereocenters. The molecule has 579 valence electrons. The van der Waals surface area contributed by atoms with Crippen LogP contribution in [0.4, 0.5) is 0 Å². The topological polar surface area (TPSA) is 229 Å². The Bertz CT molecular complexity index is 6590. The van der Waals surface area contributed by atoms with E-state index in [2.05, 4.69) is 187 Å². The molecule has 6 aromatic carbocycles. The molecule has 0 saturated carbocycles. The molecule has 18 aromatic rings. The summed E-state index contributed by atoms with van der Waals surface area (Å²) in [6.07, 6.45) is 3.50. The third kappa shape index (κ3) is 20.0. The number of thiophene rings is 3. The molecule has 21 heteroatoms. The summed E-state index contributed by atoms with van der Waals surface area (Å²) in [5, 5.41) is 31.3. The molecule has 0 atom stereocenters. The smallest absolute Gasteiger partial charge is 0.216 e. The van der Waals surface area contributed by atoms with E-state index in [9.17, 15) is 14.4 Å². The predicted octanol–water partition coefficient (Wildman–Crippen LogP) is 25.1. The summed E-state index contributed by atoms with van der Waals surface area (Å²) < 4.78 is 21.9. The van der Waals surface area contributed by atoms with Crippen molar-refractivity contribution in [1.82, 2.24) is 29.9 Å². The second-order valence-corrected chi connectivity index (χ2v) is 30.0. The summed E-state index contributed by atoms with van der Waals surface area (Å²) in [7, 11) is 0. The number of allylic oxidation sites excluding steroid dienone is 6. The van der Waals surface area contributed by atoms with Gasteiger partial charge in [-0.25, -0.2) is 15.0 Å². The van der Waals surface area contributed by atoms with E-state index in [1.807, 2.05) is 87.5 Å². The molecular weight excluding hydrogens is 2020 g/mol. The number of fused-ring (bicyclic) bond motifs is 12. The Hall–Kier alpha value is -10.9. The van der Waals surface area contributed by atoms with Crippen molar-refractivity contribution in [3.63, 3.8) is 0 Å². The standard InChI is InChI=1S/C27H19N2OS.C26H17N2OS.C25H15N2OS.3C5H8O2.3Ir/c1-15-6-4-7-16(2)25(15)24-14-22-23(31-24)13-12-21(29-22)20-9-5-8-18-19-11-10-17(3)28-27(19)30-26(18)20;1-15-6-9-17(10-7-15)24-14-22-23(30-24)13-12-21(28-22)20-5-3-4-18-19-11-8-16(2)27-26(19)29-25(18)20;1-15-10-11-18-17-8-5-9-19(24(17)28-25(18)26-15)20-12-13-22-21(27-20)14-23(29-22)16-6-3-2-4-7-16;3*1-4(6)3-5(2)7;;;/h4-8,10-14H,1-3H3;3-4,6-14H,1-2H3;2-8,10-14H,1H3;3*3,6H,1-2H3;;;/q3*-1;;;;;;. The van der Waals surface area contributed by atoms with Crippen molar-refractivity contribution in [2.24, 2.45) is 0 Å². The number of rotatable bonds is 9. The third-order valence-corrected chi connectivity index (χ3v) is 20.9. The zero-order chi connectivity index (χ0) is 78.3. The van der Waals surface area contributed by atoms with Gasteiger partial charge in [-0.3, -0.25) is 29.3 Å². The Morgan fingerprint density at radius 2 is 0.675 bits per heavy atom. The van der Waals surface area contributed by atoms with Crippen LogP contribution < -0.4 is 0 Å². The minimum Gasteiger partial charge on any atom is -0.512 e. The fourth-order valence-electron chi connectivity index (χ4n) is 12.7. The summed E-state index contributed by atoms with van der Waals surface area (Å²) in [4.78, 5) is 62.2. The van der Waals surface area contributed by atoms with Crippen LogP contribution in [0.2, 0.25) is 0 Å². The summed E-state index contributed by atoms with van der Waals surface area (Å²) in [5.74, 6) is -0.187. The number of aromatic nitrogens is 6. The monoisotopic (exact) mass is 2090 g/mol. The molecular formula is C93H75Ir3N6O9S3-3. The fraction of sp³-hybridized carbons (Fsp3) is 0.129.